The van der Waals surface area contributed by atoms with Gasteiger partial charge in [-0.1, -0.05) is 25.3 Å². The van der Waals surface area contributed by atoms with Crippen molar-refractivity contribution in [1.82, 2.24) is 5.32 Å². The summed E-state index contributed by atoms with van der Waals surface area (Å²) in [4.78, 5) is 22.6. The number of hydrogen-bond acceptors (Lipinski definition) is 6. The monoisotopic (exact) mass is 393 g/mol. The Hall–Kier alpha value is -2.54. The Kier molecular flexibility index (Phi) is 11.4. The molecule has 0 spiro atoms. The predicted molar refractivity (Wildman–Crippen MR) is 106 cm³/mol. The predicted octanol–water partition coefficient (Wildman–Crippen LogP) is 2.58. The zero-order valence-corrected chi connectivity index (χ0v) is 16.4. The zero-order chi connectivity index (χ0) is 20.8. The van der Waals surface area contributed by atoms with E-state index in [1.54, 1.807) is 6.08 Å². The molecule has 0 aliphatic carbocycles. The highest BCUT2D eigenvalue weighted by molar-refractivity contribution is 5.87. The molecule has 0 aliphatic rings. The molecule has 156 valence electrons. The van der Waals surface area contributed by atoms with Gasteiger partial charge in [0.05, 0.1) is 19.3 Å². The largest absolute Gasteiger partial charge is 0.508 e. The van der Waals surface area contributed by atoms with Crippen molar-refractivity contribution in [3.05, 3.63) is 35.9 Å². The molecule has 0 saturated carbocycles. The van der Waals surface area contributed by atoms with Crippen LogP contribution in [0.3, 0.4) is 0 Å². The average molecular weight is 393 g/mol. The summed E-state index contributed by atoms with van der Waals surface area (Å²) in [6.07, 6.45) is 9.20. The number of hydrogen-bond donors (Lipinski definition) is 4. The van der Waals surface area contributed by atoms with Crippen molar-refractivity contribution in [2.75, 3.05) is 13.2 Å². The Morgan fingerprint density at radius 2 is 1.86 bits per heavy atom. The minimum Gasteiger partial charge on any atom is -0.508 e. The van der Waals surface area contributed by atoms with Gasteiger partial charge in [0.1, 0.15) is 11.5 Å². The molecule has 0 fully saturated rings. The molecule has 28 heavy (non-hydrogen) atoms. The van der Waals surface area contributed by atoms with Crippen LogP contribution in [0.15, 0.2) is 30.4 Å². The quantitative estimate of drug-likeness (QED) is 0.177. The lowest BCUT2D eigenvalue weighted by Gasteiger charge is -2.16. The Balaban J connectivity index is 2.21. The molecule has 7 nitrogen and oxygen atoms in total. The second kappa shape index (κ2) is 13.6. The summed E-state index contributed by atoms with van der Waals surface area (Å²) in [6.45, 7) is 1.60. The number of unbranched alkanes of at least 4 members (excludes halogenated alkanes) is 5. The third-order valence-electron chi connectivity index (χ3n) is 4.19. The number of allylic oxidation sites excluding steroid dienone is 1. The van der Waals surface area contributed by atoms with Gasteiger partial charge in [0.2, 0.25) is 5.91 Å². The lowest BCUT2D eigenvalue weighted by molar-refractivity contribution is -0.141. The van der Waals surface area contributed by atoms with E-state index in [9.17, 15) is 24.9 Å². The van der Waals surface area contributed by atoms with Crippen LogP contribution in [0.1, 0.15) is 51.0 Å². The average Bonchev–Trinajstić information content (AvgIpc) is 2.65. The zero-order valence-electron chi connectivity index (χ0n) is 16.4. The molecule has 0 bridgehead atoms. The van der Waals surface area contributed by atoms with Gasteiger partial charge in [-0.2, -0.15) is 0 Å². The van der Waals surface area contributed by atoms with Gasteiger partial charge in [0.25, 0.3) is 0 Å². The van der Waals surface area contributed by atoms with Gasteiger partial charge in [-0.25, -0.2) is 0 Å². The molecular formula is C21H31NO6. The van der Waals surface area contributed by atoms with E-state index in [4.69, 9.17) is 4.74 Å². The van der Waals surface area contributed by atoms with E-state index in [2.05, 4.69) is 5.32 Å². The highest BCUT2D eigenvalue weighted by atomic mass is 16.5. The summed E-state index contributed by atoms with van der Waals surface area (Å²) >= 11 is 0. The first-order valence-corrected chi connectivity index (χ1v) is 9.64. The number of ether oxygens (including phenoxy) is 1. The third-order valence-corrected chi connectivity index (χ3v) is 4.19. The number of aliphatic hydroxyl groups is 1. The fourth-order valence-electron chi connectivity index (χ4n) is 2.71. The van der Waals surface area contributed by atoms with Crippen LogP contribution in [0, 0.1) is 0 Å². The van der Waals surface area contributed by atoms with E-state index in [1.165, 1.54) is 31.2 Å². The molecule has 0 unspecified atom stereocenters. The first-order chi connectivity index (χ1) is 13.4. The van der Waals surface area contributed by atoms with E-state index in [0.717, 1.165) is 38.5 Å². The minimum atomic E-state index is -0.554. The van der Waals surface area contributed by atoms with Gasteiger partial charge >= 0.3 is 5.97 Å². The number of nitrogens with one attached hydrogen (secondary N) is 1. The van der Waals surface area contributed by atoms with Crippen molar-refractivity contribution in [3.8, 4) is 11.5 Å². The number of esters is 1. The molecule has 1 amide bonds. The molecule has 0 saturated heterocycles. The Morgan fingerprint density at radius 3 is 2.57 bits per heavy atom. The second-order valence-electron chi connectivity index (χ2n) is 6.70. The van der Waals surface area contributed by atoms with Crippen LogP contribution in [0.4, 0.5) is 0 Å². The van der Waals surface area contributed by atoms with Crippen molar-refractivity contribution in [3.63, 3.8) is 0 Å². The number of amides is 1. The molecule has 0 radical (unpaired) electrons. The third kappa shape index (κ3) is 10.6. The minimum absolute atomic E-state index is 0.00824. The summed E-state index contributed by atoms with van der Waals surface area (Å²) in [5.74, 6) is -0.526. The molecule has 0 aliphatic heterocycles. The smallest absolute Gasteiger partial charge is 0.302 e. The summed E-state index contributed by atoms with van der Waals surface area (Å²) in [5, 5.41) is 31.4. The van der Waals surface area contributed by atoms with Crippen molar-refractivity contribution in [2.45, 2.75) is 57.9 Å². The van der Waals surface area contributed by atoms with Gasteiger partial charge < -0.3 is 25.4 Å². The Labute approximate surface area is 166 Å². The van der Waals surface area contributed by atoms with E-state index in [-0.39, 0.29) is 36.4 Å². The van der Waals surface area contributed by atoms with Gasteiger partial charge in [0.15, 0.2) is 0 Å². The summed E-state index contributed by atoms with van der Waals surface area (Å²) in [6, 6.07) is 3.60. The SMILES string of the molecule is CC(=O)OCCCCCCC/C=C/C(=O)N[C@H](CO)Cc1cc(O)ccc1O. The van der Waals surface area contributed by atoms with Crippen molar-refractivity contribution in [2.24, 2.45) is 0 Å². The van der Waals surface area contributed by atoms with Crippen LogP contribution >= 0.6 is 0 Å². The highest BCUT2D eigenvalue weighted by Gasteiger charge is 2.13. The topological polar surface area (TPSA) is 116 Å². The van der Waals surface area contributed by atoms with E-state index in [0.29, 0.717) is 12.2 Å². The molecule has 1 aromatic carbocycles. The van der Waals surface area contributed by atoms with Crippen LogP contribution in [0.25, 0.3) is 0 Å². The number of benzene rings is 1. The van der Waals surface area contributed by atoms with Crippen molar-refractivity contribution in [1.29, 1.82) is 0 Å². The first kappa shape index (κ1) is 23.5. The Bertz CT molecular complexity index is 644. The maximum atomic E-state index is 12.0. The number of rotatable bonds is 13. The Morgan fingerprint density at radius 1 is 1.14 bits per heavy atom. The summed E-state index contributed by atoms with van der Waals surface area (Å²) < 4.78 is 4.87. The van der Waals surface area contributed by atoms with Crippen LogP contribution in [-0.2, 0) is 20.7 Å². The number of phenols is 2. The number of aliphatic hydroxyl groups excluding tert-OH is 1. The number of aromatic hydroxyl groups is 2. The molecule has 1 aromatic rings. The van der Waals surface area contributed by atoms with Crippen LogP contribution < -0.4 is 5.32 Å². The number of carbonyl (C=O) groups excluding carboxylic acids is 2. The first-order valence-electron chi connectivity index (χ1n) is 9.64. The molecule has 7 heteroatoms. The van der Waals surface area contributed by atoms with Crippen molar-refractivity contribution < 1.29 is 29.6 Å². The number of carbonyl (C=O) groups is 2. The molecule has 4 N–H and O–H groups in total. The molecule has 0 aromatic heterocycles. The molecular weight excluding hydrogens is 362 g/mol. The van der Waals surface area contributed by atoms with E-state index >= 15 is 0 Å². The number of phenolic OH excluding ortho intramolecular Hbond substituents is 2. The standard InChI is InChI=1S/C21H31NO6/c1-16(24)28-12-8-6-4-2-3-5-7-9-21(27)22-18(15-23)13-17-14-19(25)10-11-20(17)26/h7,9-11,14,18,23,25-26H,2-6,8,12-13,15H2,1H3,(H,22,27)/b9-7+/t18-/m0/s1. The highest BCUT2D eigenvalue weighted by Crippen LogP contribution is 2.23. The van der Waals surface area contributed by atoms with Crippen molar-refractivity contribution >= 4 is 11.9 Å². The van der Waals surface area contributed by atoms with Crippen LogP contribution in [-0.4, -0.2) is 46.5 Å². The normalized spacial score (nSPS) is 12.1. The molecule has 0 heterocycles. The maximum Gasteiger partial charge on any atom is 0.302 e. The summed E-state index contributed by atoms with van der Waals surface area (Å²) in [7, 11) is 0. The lowest BCUT2D eigenvalue weighted by atomic mass is 10.0. The van der Waals surface area contributed by atoms with Gasteiger partial charge in [-0.05, 0) is 55.5 Å². The lowest BCUT2D eigenvalue weighted by Crippen LogP contribution is -2.38. The van der Waals surface area contributed by atoms with Crippen LogP contribution in [0.2, 0.25) is 0 Å². The summed E-state index contributed by atoms with van der Waals surface area (Å²) in [5.41, 5.74) is 0.456. The maximum absolute atomic E-state index is 12.0. The van der Waals surface area contributed by atoms with Crippen LogP contribution in [0.5, 0.6) is 11.5 Å². The van der Waals surface area contributed by atoms with E-state index < -0.39 is 6.04 Å². The van der Waals surface area contributed by atoms with Gasteiger partial charge in [-0.15, -0.1) is 0 Å². The second-order valence-corrected chi connectivity index (χ2v) is 6.70. The van der Waals surface area contributed by atoms with E-state index in [1.807, 2.05) is 0 Å². The molecule has 1 rings (SSSR count). The fraction of sp³-hybridized carbons (Fsp3) is 0.524. The van der Waals surface area contributed by atoms with Gasteiger partial charge in [0, 0.05) is 6.92 Å². The molecule has 1 atom stereocenters. The van der Waals surface area contributed by atoms with Gasteiger partial charge in [-0.3, -0.25) is 9.59 Å². The fourth-order valence-corrected chi connectivity index (χ4v) is 2.71.